The quantitative estimate of drug-likeness (QED) is 0.263. The van der Waals surface area contributed by atoms with Crippen LogP contribution < -0.4 is 9.64 Å². The average molecular weight is 513 g/mol. The lowest BCUT2D eigenvalue weighted by Crippen LogP contribution is -2.29. The molecule has 0 aromatic heterocycles. The van der Waals surface area contributed by atoms with E-state index in [9.17, 15) is 14.7 Å². The molecule has 1 N–H and O–H groups in total. The first-order valence-electron chi connectivity index (χ1n) is 9.79. The van der Waals surface area contributed by atoms with Gasteiger partial charge >= 0.3 is 0 Å². The number of benzene rings is 3. The predicted molar refractivity (Wildman–Crippen MR) is 128 cm³/mol. The van der Waals surface area contributed by atoms with Gasteiger partial charge in [-0.2, -0.15) is 0 Å². The van der Waals surface area contributed by atoms with Crippen LogP contribution in [0.2, 0.25) is 5.02 Å². The van der Waals surface area contributed by atoms with Crippen LogP contribution in [0.4, 0.5) is 5.69 Å². The van der Waals surface area contributed by atoms with E-state index in [1.165, 1.54) is 12.0 Å². The second kappa shape index (κ2) is 8.81. The van der Waals surface area contributed by atoms with Crippen molar-refractivity contribution in [2.24, 2.45) is 0 Å². The molecule has 1 fully saturated rings. The summed E-state index contributed by atoms with van der Waals surface area (Å²) in [6.07, 6.45) is 0. The molecule has 4 rings (SSSR count). The van der Waals surface area contributed by atoms with E-state index >= 15 is 0 Å². The van der Waals surface area contributed by atoms with Crippen molar-refractivity contribution >= 4 is 50.7 Å². The lowest BCUT2D eigenvalue weighted by Gasteiger charge is -2.27. The molecule has 162 valence electrons. The molecule has 0 saturated carbocycles. The van der Waals surface area contributed by atoms with Crippen molar-refractivity contribution < 1.29 is 19.4 Å². The van der Waals surface area contributed by atoms with Crippen LogP contribution in [0.25, 0.3) is 5.76 Å². The maximum absolute atomic E-state index is 13.2. The number of Topliss-reactive ketones (excluding diaryl/α,β-unsaturated/α-hetero) is 1. The standard InChI is InChI=1S/C25H19BrClNO4/c1-14-5-3-4-6-18(14)22-21(23(29)15-7-9-16(26)10-8-15)24(30)25(31)28(22)17-11-12-20(32-2)19(27)13-17/h3-13,22,29H,1-2H3/b23-21+. The largest absolute Gasteiger partial charge is 0.507 e. The Labute approximate surface area is 199 Å². The van der Waals surface area contributed by atoms with Crippen molar-refractivity contribution in [3.8, 4) is 5.75 Å². The number of amides is 1. The minimum absolute atomic E-state index is 0.0264. The number of ketones is 1. The Morgan fingerprint density at radius 1 is 1.06 bits per heavy atom. The molecular weight excluding hydrogens is 494 g/mol. The fourth-order valence-corrected chi connectivity index (χ4v) is 4.37. The Morgan fingerprint density at radius 2 is 1.75 bits per heavy atom. The summed E-state index contributed by atoms with van der Waals surface area (Å²) in [6.45, 7) is 1.90. The molecule has 1 saturated heterocycles. The third-order valence-corrected chi connectivity index (χ3v) is 6.28. The minimum atomic E-state index is -0.815. The third kappa shape index (κ3) is 3.80. The number of halogens is 2. The van der Waals surface area contributed by atoms with Crippen LogP contribution in [0.5, 0.6) is 5.75 Å². The highest BCUT2D eigenvalue weighted by atomic mass is 79.9. The topological polar surface area (TPSA) is 66.8 Å². The van der Waals surface area contributed by atoms with Crippen LogP contribution in [-0.4, -0.2) is 23.9 Å². The van der Waals surface area contributed by atoms with E-state index in [2.05, 4.69) is 15.9 Å². The number of hydrogen-bond donors (Lipinski definition) is 1. The number of methoxy groups -OCH3 is 1. The highest BCUT2D eigenvalue weighted by molar-refractivity contribution is 9.10. The van der Waals surface area contributed by atoms with Crippen LogP contribution >= 0.6 is 27.5 Å². The number of nitrogens with zero attached hydrogens (tertiary/aromatic N) is 1. The van der Waals surface area contributed by atoms with E-state index in [4.69, 9.17) is 16.3 Å². The van der Waals surface area contributed by atoms with Gasteiger partial charge < -0.3 is 9.84 Å². The van der Waals surface area contributed by atoms with Crippen molar-refractivity contribution in [3.63, 3.8) is 0 Å². The highest BCUT2D eigenvalue weighted by Crippen LogP contribution is 2.44. The summed E-state index contributed by atoms with van der Waals surface area (Å²) in [5.41, 5.74) is 2.51. The van der Waals surface area contributed by atoms with Gasteiger partial charge in [-0.15, -0.1) is 0 Å². The van der Waals surface area contributed by atoms with Gasteiger partial charge in [0.15, 0.2) is 0 Å². The second-order valence-corrected chi connectivity index (χ2v) is 8.67. The normalized spacial score (nSPS) is 17.6. The Kier molecular flexibility index (Phi) is 6.09. The first-order chi connectivity index (χ1) is 15.3. The van der Waals surface area contributed by atoms with E-state index in [-0.39, 0.29) is 11.3 Å². The molecule has 0 spiro atoms. The van der Waals surface area contributed by atoms with Crippen molar-refractivity contribution in [2.75, 3.05) is 12.0 Å². The molecule has 3 aromatic carbocycles. The molecule has 5 nitrogen and oxygen atoms in total. The molecule has 1 aliphatic heterocycles. The van der Waals surface area contributed by atoms with Crippen LogP contribution in [0.15, 0.2) is 76.8 Å². The fraction of sp³-hybridized carbons (Fsp3) is 0.120. The Bertz CT molecular complexity index is 1250. The minimum Gasteiger partial charge on any atom is -0.507 e. The lowest BCUT2D eigenvalue weighted by atomic mass is 9.92. The van der Waals surface area contributed by atoms with Gasteiger partial charge in [-0.1, -0.05) is 63.9 Å². The molecular formula is C25H19BrClNO4. The Morgan fingerprint density at radius 3 is 2.38 bits per heavy atom. The summed E-state index contributed by atoms with van der Waals surface area (Å²) < 4.78 is 6.04. The van der Waals surface area contributed by atoms with Gasteiger partial charge in [0.1, 0.15) is 11.5 Å². The zero-order chi connectivity index (χ0) is 23.0. The molecule has 1 amide bonds. The number of aliphatic hydroxyl groups is 1. The van der Waals surface area contributed by atoms with E-state index in [0.29, 0.717) is 22.0 Å². The summed E-state index contributed by atoms with van der Waals surface area (Å²) >= 11 is 9.68. The maximum atomic E-state index is 13.2. The Balaban J connectivity index is 1.96. The summed E-state index contributed by atoms with van der Waals surface area (Å²) in [5.74, 6) is -1.27. The summed E-state index contributed by atoms with van der Waals surface area (Å²) in [5, 5.41) is 11.5. The van der Waals surface area contributed by atoms with E-state index in [1.807, 2.05) is 31.2 Å². The number of ether oxygens (including phenoxy) is 1. The zero-order valence-electron chi connectivity index (χ0n) is 17.3. The fourth-order valence-electron chi connectivity index (χ4n) is 3.86. The Hall–Kier alpha value is -3.09. The van der Waals surface area contributed by atoms with Crippen LogP contribution in [0, 0.1) is 6.92 Å². The van der Waals surface area contributed by atoms with Gasteiger partial charge in [0.2, 0.25) is 0 Å². The van der Waals surface area contributed by atoms with Crippen LogP contribution in [0.3, 0.4) is 0 Å². The molecule has 1 heterocycles. The molecule has 1 aliphatic rings. The van der Waals surface area contributed by atoms with Gasteiger partial charge in [-0.05, 0) is 48.4 Å². The molecule has 32 heavy (non-hydrogen) atoms. The maximum Gasteiger partial charge on any atom is 0.300 e. The van der Waals surface area contributed by atoms with Crippen molar-refractivity contribution in [1.82, 2.24) is 0 Å². The summed E-state index contributed by atoms with van der Waals surface area (Å²) in [7, 11) is 1.50. The van der Waals surface area contributed by atoms with Gasteiger partial charge in [0.25, 0.3) is 11.7 Å². The first kappa shape index (κ1) is 22.1. The summed E-state index contributed by atoms with van der Waals surface area (Å²) in [4.78, 5) is 27.8. The second-order valence-electron chi connectivity index (χ2n) is 7.35. The van der Waals surface area contributed by atoms with E-state index in [0.717, 1.165) is 15.6 Å². The van der Waals surface area contributed by atoms with E-state index in [1.54, 1.807) is 42.5 Å². The van der Waals surface area contributed by atoms with Crippen LogP contribution in [-0.2, 0) is 9.59 Å². The molecule has 0 aliphatic carbocycles. The monoisotopic (exact) mass is 511 g/mol. The van der Waals surface area contributed by atoms with Gasteiger partial charge in [0, 0.05) is 15.7 Å². The van der Waals surface area contributed by atoms with Crippen molar-refractivity contribution in [2.45, 2.75) is 13.0 Å². The number of aliphatic hydroxyl groups excluding tert-OH is 1. The van der Waals surface area contributed by atoms with E-state index < -0.39 is 17.7 Å². The molecule has 3 aromatic rings. The van der Waals surface area contributed by atoms with Gasteiger partial charge in [-0.25, -0.2) is 0 Å². The zero-order valence-corrected chi connectivity index (χ0v) is 19.6. The highest BCUT2D eigenvalue weighted by Gasteiger charge is 2.47. The number of carbonyl (C=O) groups is 2. The van der Waals surface area contributed by atoms with Crippen molar-refractivity contribution in [1.29, 1.82) is 0 Å². The van der Waals surface area contributed by atoms with Gasteiger partial charge in [-0.3, -0.25) is 14.5 Å². The smallest absolute Gasteiger partial charge is 0.300 e. The summed E-state index contributed by atoms with van der Waals surface area (Å²) in [6, 6.07) is 18.4. The third-order valence-electron chi connectivity index (χ3n) is 5.46. The molecule has 1 unspecified atom stereocenters. The molecule has 0 radical (unpaired) electrons. The lowest BCUT2D eigenvalue weighted by molar-refractivity contribution is -0.132. The SMILES string of the molecule is COc1ccc(N2C(=O)C(=O)/C(=C(/O)c3ccc(Br)cc3)C2c2ccccc2C)cc1Cl. The number of carbonyl (C=O) groups excluding carboxylic acids is 2. The molecule has 0 bridgehead atoms. The predicted octanol–water partition coefficient (Wildman–Crippen LogP) is 6.05. The number of aryl methyl sites for hydroxylation is 1. The average Bonchev–Trinajstić information content (AvgIpc) is 3.04. The van der Waals surface area contributed by atoms with Gasteiger partial charge in [0.05, 0.1) is 23.7 Å². The number of anilines is 1. The molecule has 1 atom stereocenters. The van der Waals surface area contributed by atoms with Crippen molar-refractivity contribution in [3.05, 3.63) is 98.5 Å². The number of hydrogen-bond acceptors (Lipinski definition) is 4. The van der Waals surface area contributed by atoms with Crippen LogP contribution in [0.1, 0.15) is 22.7 Å². The number of rotatable bonds is 4. The first-order valence-corrected chi connectivity index (χ1v) is 11.0. The molecule has 7 heteroatoms.